The summed E-state index contributed by atoms with van der Waals surface area (Å²) in [7, 11) is -2.94. The average molecular weight is 177 g/mol. The Bertz CT molecular complexity index is 257. The van der Waals surface area contributed by atoms with Gasteiger partial charge in [0, 0.05) is 13.1 Å². The zero-order valence-electron chi connectivity index (χ0n) is 6.10. The zero-order chi connectivity index (χ0) is 8.06. The summed E-state index contributed by atoms with van der Waals surface area (Å²) < 4.78 is 22.0. The van der Waals surface area contributed by atoms with Crippen LogP contribution in [0.25, 0.3) is 0 Å². The molecule has 4 nitrogen and oxygen atoms in total. The van der Waals surface area contributed by atoms with E-state index in [-0.39, 0.29) is 17.5 Å². The van der Waals surface area contributed by atoms with Gasteiger partial charge < -0.3 is 5.11 Å². The van der Waals surface area contributed by atoms with Crippen molar-refractivity contribution in [3.05, 3.63) is 0 Å². The van der Waals surface area contributed by atoms with Gasteiger partial charge in [-0.1, -0.05) is 0 Å². The number of hydrogen-bond acceptors (Lipinski definition) is 4. The lowest BCUT2D eigenvalue weighted by Crippen LogP contribution is -2.31. The topological polar surface area (TPSA) is 57.4 Å². The van der Waals surface area contributed by atoms with Gasteiger partial charge >= 0.3 is 0 Å². The van der Waals surface area contributed by atoms with E-state index in [0.29, 0.717) is 0 Å². The number of aliphatic hydroxyl groups excluding tert-OH is 1. The van der Waals surface area contributed by atoms with Gasteiger partial charge in [-0.05, 0) is 0 Å². The van der Waals surface area contributed by atoms with E-state index in [2.05, 4.69) is 0 Å². The quantitative estimate of drug-likeness (QED) is 0.493. The van der Waals surface area contributed by atoms with Crippen molar-refractivity contribution in [2.24, 2.45) is 0 Å². The first-order chi connectivity index (χ1) is 5.08. The van der Waals surface area contributed by atoms with Gasteiger partial charge in [0.1, 0.15) is 0 Å². The summed E-state index contributed by atoms with van der Waals surface area (Å²) >= 11 is 0. The minimum Gasteiger partial charge on any atom is -0.390 e. The molecule has 2 heterocycles. The third kappa shape index (κ3) is 1.40. The molecule has 0 aromatic carbocycles. The molecule has 0 aromatic heterocycles. The standard InChI is InChI=1S/C6H11NO3S/c8-6-4-11(9,10)3-5(6)7-1-2-7/h5-6,8H,1-4H2. The fraction of sp³-hybridized carbons (Fsp3) is 1.00. The van der Waals surface area contributed by atoms with Gasteiger partial charge in [0.15, 0.2) is 9.84 Å². The van der Waals surface area contributed by atoms with Crippen LogP contribution >= 0.6 is 0 Å². The summed E-state index contributed by atoms with van der Waals surface area (Å²) in [6.45, 7) is 1.88. The average Bonchev–Trinajstić information content (AvgIpc) is 2.59. The Morgan fingerprint density at radius 1 is 1.27 bits per heavy atom. The SMILES string of the molecule is O=S1(=O)CC(O)C(N2CC2)C1. The second-order valence-electron chi connectivity index (χ2n) is 3.25. The molecule has 2 rings (SSSR count). The Morgan fingerprint density at radius 2 is 1.91 bits per heavy atom. The molecule has 0 aromatic rings. The zero-order valence-corrected chi connectivity index (χ0v) is 6.92. The van der Waals surface area contributed by atoms with E-state index in [1.807, 2.05) is 4.90 Å². The highest BCUT2D eigenvalue weighted by Crippen LogP contribution is 2.22. The van der Waals surface area contributed by atoms with Crippen molar-refractivity contribution < 1.29 is 13.5 Å². The first-order valence-corrected chi connectivity index (χ1v) is 5.53. The first kappa shape index (κ1) is 7.52. The van der Waals surface area contributed by atoms with Crippen molar-refractivity contribution in [2.45, 2.75) is 12.1 Å². The van der Waals surface area contributed by atoms with E-state index in [1.165, 1.54) is 0 Å². The summed E-state index contributed by atoms with van der Waals surface area (Å²) in [5.74, 6) is 0.0995. The van der Waals surface area contributed by atoms with Crippen molar-refractivity contribution in [3.8, 4) is 0 Å². The summed E-state index contributed by atoms with van der Waals surface area (Å²) in [4.78, 5) is 2.00. The van der Waals surface area contributed by atoms with Crippen LogP contribution in [0.3, 0.4) is 0 Å². The van der Waals surface area contributed by atoms with Gasteiger partial charge in [0.25, 0.3) is 0 Å². The first-order valence-electron chi connectivity index (χ1n) is 3.71. The second-order valence-corrected chi connectivity index (χ2v) is 5.40. The van der Waals surface area contributed by atoms with Crippen molar-refractivity contribution in [1.29, 1.82) is 0 Å². The monoisotopic (exact) mass is 177 g/mol. The highest BCUT2D eigenvalue weighted by molar-refractivity contribution is 7.91. The molecule has 11 heavy (non-hydrogen) atoms. The molecule has 0 saturated carbocycles. The predicted molar refractivity (Wildman–Crippen MR) is 40.0 cm³/mol. The molecule has 2 fully saturated rings. The van der Waals surface area contributed by atoms with Crippen molar-refractivity contribution in [2.75, 3.05) is 24.6 Å². The molecule has 1 N–H and O–H groups in total. The third-order valence-corrected chi connectivity index (χ3v) is 3.94. The molecule has 5 heteroatoms. The van der Waals surface area contributed by atoms with Crippen LogP contribution in [0.5, 0.6) is 0 Å². The number of nitrogens with zero attached hydrogens (tertiary/aromatic N) is 1. The molecule has 2 aliphatic rings. The third-order valence-electron chi connectivity index (χ3n) is 2.24. The Morgan fingerprint density at radius 3 is 2.27 bits per heavy atom. The maximum atomic E-state index is 11.0. The molecule has 0 radical (unpaired) electrons. The molecule has 2 unspecified atom stereocenters. The molecule has 2 saturated heterocycles. The number of rotatable bonds is 1. The summed E-state index contributed by atoms with van der Waals surface area (Å²) in [5, 5.41) is 9.31. The summed E-state index contributed by atoms with van der Waals surface area (Å²) in [5.41, 5.74) is 0. The van der Waals surface area contributed by atoms with Crippen LogP contribution in [0.2, 0.25) is 0 Å². The van der Waals surface area contributed by atoms with Crippen LogP contribution in [-0.4, -0.2) is 55.2 Å². The molecule has 2 aliphatic heterocycles. The van der Waals surface area contributed by atoms with Crippen molar-refractivity contribution in [1.82, 2.24) is 4.90 Å². The van der Waals surface area contributed by atoms with E-state index < -0.39 is 15.9 Å². The van der Waals surface area contributed by atoms with E-state index in [4.69, 9.17) is 0 Å². The van der Waals surface area contributed by atoms with Gasteiger partial charge in [-0.25, -0.2) is 8.42 Å². The van der Waals surface area contributed by atoms with Crippen LogP contribution in [0.4, 0.5) is 0 Å². The number of sulfone groups is 1. The predicted octanol–water partition coefficient (Wildman–Crippen LogP) is -1.54. The molecular weight excluding hydrogens is 166 g/mol. The normalized spacial score (nSPS) is 42.6. The molecule has 2 atom stereocenters. The highest BCUT2D eigenvalue weighted by atomic mass is 32.2. The minimum atomic E-state index is -2.94. The fourth-order valence-electron chi connectivity index (χ4n) is 1.55. The highest BCUT2D eigenvalue weighted by Gasteiger charge is 2.43. The van der Waals surface area contributed by atoms with Gasteiger partial charge in [-0.15, -0.1) is 0 Å². The largest absolute Gasteiger partial charge is 0.390 e. The van der Waals surface area contributed by atoms with Crippen molar-refractivity contribution >= 4 is 9.84 Å². The fourth-order valence-corrected chi connectivity index (χ4v) is 3.38. The Hall–Kier alpha value is -0.130. The summed E-state index contributed by atoms with van der Waals surface area (Å²) in [6, 6.07) is -0.111. The second kappa shape index (κ2) is 2.18. The lowest BCUT2D eigenvalue weighted by molar-refractivity contribution is 0.140. The van der Waals surface area contributed by atoms with E-state index >= 15 is 0 Å². The molecule has 0 amide bonds. The van der Waals surface area contributed by atoms with E-state index in [9.17, 15) is 13.5 Å². The van der Waals surface area contributed by atoms with Crippen LogP contribution in [-0.2, 0) is 9.84 Å². The molecular formula is C6H11NO3S. The lowest BCUT2D eigenvalue weighted by atomic mass is 10.2. The minimum absolute atomic E-state index is 0.0475. The van der Waals surface area contributed by atoms with Gasteiger partial charge in [0.05, 0.1) is 23.7 Å². The van der Waals surface area contributed by atoms with Crippen LogP contribution in [0.15, 0.2) is 0 Å². The summed E-state index contributed by atoms with van der Waals surface area (Å²) in [6.07, 6.45) is -0.650. The molecule has 0 bridgehead atoms. The Kier molecular flexibility index (Phi) is 1.49. The van der Waals surface area contributed by atoms with Gasteiger partial charge in [0.2, 0.25) is 0 Å². The van der Waals surface area contributed by atoms with Crippen molar-refractivity contribution in [3.63, 3.8) is 0 Å². The Balaban J connectivity index is 2.13. The van der Waals surface area contributed by atoms with Gasteiger partial charge in [-0.2, -0.15) is 0 Å². The maximum Gasteiger partial charge on any atom is 0.154 e. The molecule has 0 spiro atoms. The van der Waals surface area contributed by atoms with Crippen LogP contribution < -0.4 is 0 Å². The number of hydrogen-bond donors (Lipinski definition) is 1. The molecule has 0 aliphatic carbocycles. The van der Waals surface area contributed by atoms with E-state index in [1.54, 1.807) is 0 Å². The van der Waals surface area contributed by atoms with Crippen LogP contribution in [0.1, 0.15) is 0 Å². The number of aliphatic hydroxyl groups is 1. The lowest BCUT2D eigenvalue weighted by Gasteiger charge is -2.12. The van der Waals surface area contributed by atoms with E-state index in [0.717, 1.165) is 13.1 Å². The maximum absolute atomic E-state index is 11.0. The van der Waals surface area contributed by atoms with Gasteiger partial charge in [-0.3, -0.25) is 4.90 Å². The molecule has 64 valence electrons. The Labute approximate surface area is 65.7 Å². The smallest absolute Gasteiger partial charge is 0.154 e. The van der Waals surface area contributed by atoms with Crippen LogP contribution in [0, 0.1) is 0 Å².